The Bertz CT molecular complexity index is 287. The van der Waals surface area contributed by atoms with Crippen LogP contribution in [-0.4, -0.2) is 12.6 Å². The lowest BCUT2D eigenvalue weighted by atomic mass is 9.63. The van der Waals surface area contributed by atoms with E-state index < -0.39 is 0 Å². The summed E-state index contributed by atoms with van der Waals surface area (Å²) < 4.78 is 5.20. The van der Waals surface area contributed by atoms with Crippen LogP contribution in [0.15, 0.2) is 0 Å². The molecular weight excluding hydrogens is 212 g/mol. The summed E-state index contributed by atoms with van der Waals surface area (Å²) in [4.78, 5) is 10.9. The number of ether oxygens (including phenoxy) is 1. The molecule has 0 heterocycles. The Morgan fingerprint density at radius 3 is 2.82 bits per heavy atom. The van der Waals surface area contributed by atoms with Gasteiger partial charge in [-0.3, -0.25) is 4.79 Å². The van der Waals surface area contributed by atoms with Crippen LogP contribution in [0.5, 0.6) is 0 Å². The molecule has 2 nitrogen and oxygen atoms in total. The second-order valence-corrected chi connectivity index (χ2v) is 6.41. The van der Waals surface area contributed by atoms with E-state index in [1.807, 2.05) is 0 Å². The highest BCUT2D eigenvalue weighted by molar-refractivity contribution is 5.65. The van der Waals surface area contributed by atoms with Gasteiger partial charge in [-0.05, 0) is 48.9 Å². The van der Waals surface area contributed by atoms with Gasteiger partial charge in [-0.15, -0.1) is 0 Å². The van der Waals surface area contributed by atoms with Gasteiger partial charge < -0.3 is 4.74 Å². The maximum absolute atomic E-state index is 10.9. The van der Waals surface area contributed by atoms with Crippen LogP contribution in [0.4, 0.5) is 0 Å². The van der Waals surface area contributed by atoms with Gasteiger partial charge in [0.25, 0.3) is 0 Å². The zero-order chi connectivity index (χ0) is 12.5. The van der Waals surface area contributed by atoms with E-state index in [0.717, 1.165) is 11.8 Å². The van der Waals surface area contributed by atoms with Gasteiger partial charge in [0.2, 0.25) is 0 Å². The number of hydrogen-bond acceptors (Lipinski definition) is 2. The SMILES string of the molecule is CC(=O)OC[C@@H](C)[C@H]1CCC2CCCC[C@@]21C. The van der Waals surface area contributed by atoms with Crippen LogP contribution in [0.1, 0.15) is 59.3 Å². The van der Waals surface area contributed by atoms with Crippen molar-refractivity contribution in [3.05, 3.63) is 0 Å². The summed E-state index contributed by atoms with van der Waals surface area (Å²) in [5, 5.41) is 0. The van der Waals surface area contributed by atoms with Crippen molar-refractivity contribution in [3.8, 4) is 0 Å². The van der Waals surface area contributed by atoms with E-state index >= 15 is 0 Å². The second kappa shape index (κ2) is 4.99. The molecule has 0 aliphatic heterocycles. The van der Waals surface area contributed by atoms with Crippen molar-refractivity contribution >= 4 is 5.97 Å². The maximum Gasteiger partial charge on any atom is 0.302 e. The van der Waals surface area contributed by atoms with E-state index in [9.17, 15) is 4.79 Å². The highest BCUT2D eigenvalue weighted by Crippen LogP contribution is 2.57. The molecule has 0 aromatic heterocycles. The number of fused-ring (bicyclic) bond motifs is 1. The van der Waals surface area contributed by atoms with Crippen LogP contribution in [0, 0.1) is 23.2 Å². The second-order valence-electron chi connectivity index (χ2n) is 6.41. The number of hydrogen-bond donors (Lipinski definition) is 0. The molecule has 0 radical (unpaired) electrons. The van der Waals surface area contributed by atoms with E-state index in [0.29, 0.717) is 17.9 Å². The molecule has 0 bridgehead atoms. The van der Waals surface area contributed by atoms with E-state index in [-0.39, 0.29) is 5.97 Å². The van der Waals surface area contributed by atoms with Crippen LogP contribution in [-0.2, 0) is 9.53 Å². The van der Waals surface area contributed by atoms with Crippen molar-refractivity contribution in [2.24, 2.45) is 23.2 Å². The molecule has 0 amide bonds. The molecule has 2 aliphatic carbocycles. The Hall–Kier alpha value is -0.530. The smallest absolute Gasteiger partial charge is 0.302 e. The van der Waals surface area contributed by atoms with Gasteiger partial charge in [-0.2, -0.15) is 0 Å². The lowest BCUT2D eigenvalue weighted by molar-refractivity contribution is -0.143. The third kappa shape index (κ3) is 2.51. The molecular formula is C15H26O2. The first kappa shape index (κ1) is 12.9. The van der Waals surface area contributed by atoms with Gasteiger partial charge in [0.15, 0.2) is 0 Å². The minimum Gasteiger partial charge on any atom is -0.466 e. The summed E-state index contributed by atoms with van der Waals surface area (Å²) in [5.41, 5.74) is 0.526. The third-order valence-corrected chi connectivity index (χ3v) is 5.36. The molecule has 1 unspecified atom stereocenters. The predicted octanol–water partition coefficient (Wildman–Crippen LogP) is 3.79. The molecule has 2 fully saturated rings. The average molecular weight is 238 g/mol. The molecule has 2 saturated carbocycles. The fourth-order valence-electron chi connectivity index (χ4n) is 4.40. The zero-order valence-electron chi connectivity index (χ0n) is 11.5. The first-order chi connectivity index (χ1) is 8.04. The molecule has 0 aromatic rings. The summed E-state index contributed by atoms with van der Waals surface area (Å²) in [6.07, 6.45) is 8.35. The monoisotopic (exact) mass is 238 g/mol. The van der Waals surface area contributed by atoms with Crippen LogP contribution >= 0.6 is 0 Å². The summed E-state index contributed by atoms with van der Waals surface area (Å²) in [6, 6.07) is 0. The molecule has 0 aromatic carbocycles. The number of carbonyl (C=O) groups excluding carboxylic acids is 1. The highest BCUT2D eigenvalue weighted by Gasteiger charge is 2.48. The van der Waals surface area contributed by atoms with Crippen LogP contribution < -0.4 is 0 Å². The van der Waals surface area contributed by atoms with Crippen molar-refractivity contribution in [1.82, 2.24) is 0 Å². The van der Waals surface area contributed by atoms with E-state index in [1.54, 1.807) is 0 Å². The van der Waals surface area contributed by atoms with Gasteiger partial charge >= 0.3 is 5.97 Å². The Morgan fingerprint density at radius 1 is 1.35 bits per heavy atom. The minimum absolute atomic E-state index is 0.139. The number of esters is 1. The lowest BCUT2D eigenvalue weighted by Crippen LogP contribution is -2.36. The Labute approximate surface area is 105 Å². The van der Waals surface area contributed by atoms with Gasteiger partial charge in [0.05, 0.1) is 6.61 Å². The van der Waals surface area contributed by atoms with Crippen molar-refractivity contribution in [3.63, 3.8) is 0 Å². The van der Waals surface area contributed by atoms with Crippen LogP contribution in [0.25, 0.3) is 0 Å². The van der Waals surface area contributed by atoms with Gasteiger partial charge in [0, 0.05) is 6.92 Å². The molecule has 0 N–H and O–H groups in total. The predicted molar refractivity (Wildman–Crippen MR) is 68.6 cm³/mol. The molecule has 2 rings (SSSR count). The standard InChI is InChI=1S/C15H26O2/c1-11(10-17-12(2)16)14-8-7-13-6-4-5-9-15(13,14)3/h11,13-14H,4-10H2,1-3H3/t11-,13?,14-,15+/m1/s1. The minimum atomic E-state index is -0.139. The fourth-order valence-corrected chi connectivity index (χ4v) is 4.40. The molecule has 2 heteroatoms. The quantitative estimate of drug-likeness (QED) is 0.699. The molecule has 4 atom stereocenters. The van der Waals surface area contributed by atoms with Gasteiger partial charge in [-0.1, -0.05) is 26.7 Å². The van der Waals surface area contributed by atoms with Crippen molar-refractivity contribution < 1.29 is 9.53 Å². The number of carbonyl (C=O) groups is 1. The molecule has 2 aliphatic rings. The van der Waals surface area contributed by atoms with Crippen molar-refractivity contribution in [2.45, 2.75) is 59.3 Å². The zero-order valence-corrected chi connectivity index (χ0v) is 11.5. The molecule has 0 saturated heterocycles. The summed E-state index contributed by atoms with van der Waals surface area (Å²) in [5.74, 6) is 2.07. The summed E-state index contributed by atoms with van der Waals surface area (Å²) in [7, 11) is 0. The summed E-state index contributed by atoms with van der Waals surface area (Å²) >= 11 is 0. The topological polar surface area (TPSA) is 26.3 Å². The first-order valence-corrected chi connectivity index (χ1v) is 7.17. The van der Waals surface area contributed by atoms with E-state index in [1.165, 1.54) is 45.4 Å². The van der Waals surface area contributed by atoms with Crippen molar-refractivity contribution in [2.75, 3.05) is 6.61 Å². The molecule has 17 heavy (non-hydrogen) atoms. The highest BCUT2D eigenvalue weighted by atomic mass is 16.5. The van der Waals surface area contributed by atoms with Crippen LogP contribution in [0.2, 0.25) is 0 Å². The van der Waals surface area contributed by atoms with E-state index in [2.05, 4.69) is 13.8 Å². The van der Waals surface area contributed by atoms with Crippen molar-refractivity contribution in [1.29, 1.82) is 0 Å². The fraction of sp³-hybridized carbons (Fsp3) is 0.933. The first-order valence-electron chi connectivity index (χ1n) is 7.17. The summed E-state index contributed by atoms with van der Waals surface area (Å²) in [6.45, 7) is 6.86. The van der Waals surface area contributed by atoms with Crippen LogP contribution in [0.3, 0.4) is 0 Å². The van der Waals surface area contributed by atoms with Gasteiger partial charge in [-0.25, -0.2) is 0 Å². The Balaban J connectivity index is 1.98. The van der Waals surface area contributed by atoms with E-state index in [4.69, 9.17) is 4.74 Å². The lowest BCUT2D eigenvalue weighted by Gasteiger charge is -2.43. The Kier molecular flexibility index (Phi) is 3.79. The maximum atomic E-state index is 10.9. The normalized spacial score (nSPS) is 38.5. The third-order valence-electron chi connectivity index (χ3n) is 5.36. The molecule has 98 valence electrons. The Morgan fingerprint density at radius 2 is 2.12 bits per heavy atom. The molecule has 0 spiro atoms. The average Bonchev–Trinajstić information content (AvgIpc) is 2.63. The van der Waals surface area contributed by atoms with Gasteiger partial charge in [0.1, 0.15) is 0 Å². The number of rotatable bonds is 3. The largest absolute Gasteiger partial charge is 0.466 e.